The van der Waals surface area contributed by atoms with Crippen molar-refractivity contribution in [1.29, 1.82) is 0 Å². The highest BCUT2D eigenvalue weighted by atomic mass is 16.1. The summed E-state index contributed by atoms with van der Waals surface area (Å²) in [6.07, 6.45) is 1.03. The number of Topliss-reactive ketones (excluding diaryl/α,β-unsaturated/α-hetero) is 1. The van der Waals surface area contributed by atoms with Gasteiger partial charge in [0.25, 0.3) is 0 Å². The minimum atomic E-state index is 0.165. The van der Waals surface area contributed by atoms with Gasteiger partial charge < -0.3 is 9.47 Å². The Labute approximate surface area is 127 Å². The zero-order valence-corrected chi connectivity index (χ0v) is 13.6. The molecule has 0 aliphatic heterocycles. The Balaban J connectivity index is 2.12. The summed E-state index contributed by atoms with van der Waals surface area (Å²) in [4.78, 5) is 14.5. The summed E-state index contributed by atoms with van der Waals surface area (Å²) in [6.45, 7) is 6.56. The second kappa shape index (κ2) is 6.17. The van der Waals surface area contributed by atoms with Gasteiger partial charge in [0.15, 0.2) is 5.78 Å². The third-order valence-corrected chi connectivity index (χ3v) is 4.24. The molecule has 0 unspecified atom stereocenters. The van der Waals surface area contributed by atoms with E-state index in [4.69, 9.17) is 0 Å². The maximum atomic E-state index is 12.5. The fourth-order valence-corrected chi connectivity index (χ4v) is 2.52. The number of hydrogen-bond acceptors (Lipinski definition) is 2. The summed E-state index contributed by atoms with van der Waals surface area (Å²) in [5.41, 5.74) is 5.36. The van der Waals surface area contributed by atoms with E-state index >= 15 is 0 Å². The van der Waals surface area contributed by atoms with Crippen LogP contribution in [0.25, 0.3) is 0 Å². The van der Waals surface area contributed by atoms with Crippen LogP contribution in [0, 0.1) is 13.8 Å². The van der Waals surface area contributed by atoms with E-state index < -0.39 is 0 Å². The molecule has 1 heterocycles. The van der Waals surface area contributed by atoms with Gasteiger partial charge in [0.05, 0.1) is 6.54 Å². The molecule has 3 nitrogen and oxygen atoms in total. The molecule has 0 spiro atoms. The van der Waals surface area contributed by atoms with Gasteiger partial charge in [0.2, 0.25) is 0 Å². The summed E-state index contributed by atoms with van der Waals surface area (Å²) in [7, 11) is 3.96. The Bertz CT molecular complexity index is 638. The summed E-state index contributed by atoms with van der Waals surface area (Å²) < 4.78 is 2.06. The zero-order valence-electron chi connectivity index (χ0n) is 13.6. The van der Waals surface area contributed by atoms with Gasteiger partial charge in [0, 0.05) is 36.7 Å². The van der Waals surface area contributed by atoms with E-state index in [1.807, 2.05) is 38.9 Å². The number of aryl methyl sites for hydroxylation is 2. The van der Waals surface area contributed by atoms with Crippen molar-refractivity contribution in [2.24, 2.45) is 7.05 Å². The number of likely N-dealkylation sites (N-methyl/N-ethyl adjacent to an activating group) is 1. The minimum absolute atomic E-state index is 0.165. The quantitative estimate of drug-likeness (QED) is 0.785. The van der Waals surface area contributed by atoms with Gasteiger partial charge in [-0.1, -0.05) is 19.1 Å². The Morgan fingerprint density at radius 3 is 2.29 bits per heavy atom. The molecule has 0 aliphatic rings. The summed E-state index contributed by atoms with van der Waals surface area (Å²) in [5.74, 6) is 0.165. The highest BCUT2D eigenvalue weighted by Crippen LogP contribution is 2.17. The molecule has 0 saturated heterocycles. The Morgan fingerprint density at radius 2 is 1.81 bits per heavy atom. The van der Waals surface area contributed by atoms with Gasteiger partial charge in [-0.2, -0.15) is 0 Å². The number of nitrogens with zero attached hydrogens (tertiary/aromatic N) is 2. The fraction of sp³-hybridized carbons (Fsp3) is 0.389. The number of anilines is 1. The first-order valence-electron chi connectivity index (χ1n) is 7.40. The second-order valence-corrected chi connectivity index (χ2v) is 5.64. The van der Waals surface area contributed by atoms with Crippen molar-refractivity contribution in [3.8, 4) is 0 Å². The molecule has 112 valence electrons. The number of carbonyl (C=O) groups is 1. The normalized spacial score (nSPS) is 10.7. The molecular weight excluding hydrogens is 260 g/mol. The van der Waals surface area contributed by atoms with Crippen LogP contribution in [0.1, 0.15) is 34.2 Å². The highest BCUT2D eigenvalue weighted by molar-refractivity contribution is 6.00. The predicted molar refractivity (Wildman–Crippen MR) is 88.3 cm³/mol. The first-order valence-corrected chi connectivity index (χ1v) is 7.40. The van der Waals surface area contributed by atoms with Crippen molar-refractivity contribution in [2.45, 2.75) is 27.2 Å². The van der Waals surface area contributed by atoms with Crippen molar-refractivity contribution < 1.29 is 4.79 Å². The molecule has 0 fully saturated rings. The van der Waals surface area contributed by atoms with Crippen molar-refractivity contribution in [2.75, 3.05) is 18.5 Å². The van der Waals surface area contributed by atoms with Crippen LogP contribution in [-0.2, 0) is 13.5 Å². The van der Waals surface area contributed by atoms with E-state index in [2.05, 4.69) is 35.8 Å². The maximum absolute atomic E-state index is 12.5. The van der Waals surface area contributed by atoms with Gasteiger partial charge in [0.1, 0.15) is 0 Å². The molecule has 2 rings (SSSR count). The van der Waals surface area contributed by atoms with Crippen molar-refractivity contribution in [3.05, 3.63) is 52.8 Å². The molecule has 0 bridgehead atoms. The van der Waals surface area contributed by atoms with Gasteiger partial charge >= 0.3 is 0 Å². The highest BCUT2D eigenvalue weighted by Gasteiger charge is 2.16. The molecular formula is C18H24N2O. The molecule has 0 radical (unpaired) electrons. The lowest BCUT2D eigenvalue weighted by Gasteiger charge is -2.18. The average molecular weight is 284 g/mol. The van der Waals surface area contributed by atoms with E-state index in [9.17, 15) is 4.79 Å². The Kier molecular flexibility index (Phi) is 4.51. The van der Waals surface area contributed by atoms with Gasteiger partial charge in [-0.3, -0.25) is 4.79 Å². The van der Waals surface area contributed by atoms with Gasteiger partial charge in [-0.05, 0) is 44.0 Å². The van der Waals surface area contributed by atoms with Crippen LogP contribution in [0.3, 0.4) is 0 Å². The minimum Gasteiger partial charge on any atom is -0.367 e. The summed E-state index contributed by atoms with van der Waals surface area (Å²) in [6, 6.07) is 10.4. The molecule has 0 aliphatic carbocycles. The van der Waals surface area contributed by atoms with Crippen molar-refractivity contribution in [3.63, 3.8) is 0 Å². The Hall–Kier alpha value is -2.03. The van der Waals surface area contributed by atoms with Crippen molar-refractivity contribution >= 4 is 11.5 Å². The van der Waals surface area contributed by atoms with E-state index in [0.717, 1.165) is 29.1 Å². The monoisotopic (exact) mass is 284 g/mol. The number of benzene rings is 1. The van der Waals surface area contributed by atoms with Gasteiger partial charge in [-0.15, -0.1) is 0 Å². The van der Waals surface area contributed by atoms with E-state index in [1.165, 1.54) is 5.56 Å². The third-order valence-electron chi connectivity index (χ3n) is 4.24. The molecule has 1 aromatic carbocycles. The molecule has 0 N–H and O–H groups in total. The molecule has 0 atom stereocenters. The lowest BCUT2D eigenvalue weighted by atomic mass is 10.1. The van der Waals surface area contributed by atoms with Crippen LogP contribution < -0.4 is 4.90 Å². The SMILES string of the molecule is CCc1ccc(N(C)CC(=O)c2cc(C)n(C)c2C)cc1. The smallest absolute Gasteiger partial charge is 0.183 e. The number of carbonyl (C=O) groups excluding carboxylic acids is 1. The van der Waals surface area contributed by atoms with Crippen LogP contribution in [0.15, 0.2) is 30.3 Å². The van der Waals surface area contributed by atoms with Crippen LogP contribution in [0.2, 0.25) is 0 Å². The maximum Gasteiger partial charge on any atom is 0.183 e. The van der Waals surface area contributed by atoms with Gasteiger partial charge in [-0.25, -0.2) is 0 Å². The van der Waals surface area contributed by atoms with Crippen LogP contribution in [0.5, 0.6) is 0 Å². The van der Waals surface area contributed by atoms with Crippen molar-refractivity contribution in [1.82, 2.24) is 4.57 Å². The Morgan fingerprint density at radius 1 is 1.19 bits per heavy atom. The fourth-order valence-electron chi connectivity index (χ4n) is 2.52. The average Bonchev–Trinajstić information content (AvgIpc) is 2.75. The standard InChI is InChI=1S/C18H24N2O/c1-6-15-7-9-16(10-8-15)19(4)12-18(21)17-11-13(2)20(5)14(17)3/h7-11H,6,12H2,1-5H3. The molecule has 3 heteroatoms. The molecule has 2 aromatic rings. The molecule has 0 saturated carbocycles. The topological polar surface area (TPSA) is 25.2 Å². The lowest BCUT2D eigenvalue weighted by molar-refractivity contribution is 0.0999. The number of aromatic nitrogens is 1. The molecule has 21 heavy (non-hydrogen) atoms. The summed E-state index contributed by atoms with van der Waals surface area (Å²) >= 11 is 0. The van der Waals surface area contributed by atoms with Crippen LogP contribution in [0.4, 0.5) is 5.69 Å². The number of hydrogen-bond donors (Lipinski definition) is 0. The molecule has 0 amide bonds. The van der Waals surface area contributed by atoms with E-state index in [1.54, 1.807) is 0 Å². The number of ketones is 1. The first-order chi connectivity index (χ1) is 9.93. The third kappa shape index (κ3) is 3.18. The van der Waals surface area contributed by atoms with Crippen LogP contribution in [-0.4, -0.2) is 23.9 Å². The van der Waals surface area contributed by atoms with Crippen LogP contribution >= 0.6 is 0 Å². The second-order valence-electron chi connectivity index (χ2n) is 5.64. The molecule has 1 aromatic heterocycles. The van der Waals surface area contributed by atoms with E-state index in [-0.39, 0.29) is 5.78 Å². The number of rotatable bonds is 5. The zero-order chi connectivity index (χ0) is 15.6. The van der Waals surface area contributed by atoms with E-state index in [0.29, 0.717) is 6.54 Å². The predicted octanol–water partition coefficient (Wildman–Crippen LogP) is 3.52. The summed E-state index contributed by atoms with van der Waals surface area (Å²) in [5, 5.41) is 0. The lowest BCUT2D eigenvalue weighted by Crippen LogP contribution is -2.25. The largest absolute Gasteiger partial charge is 0.367 e. The first kappa shape index (κ1) is 15.4.